The average molecular weight is 576 g/mol. The number of rotatable bonds is 7. The fourth-order valence-corrected chi connectivity index (χ4v) is 3.29. The summed E-state index contributed by atoms with van der Waals surface area (Å²) >= 11 is 10.2. The molecule has 0 bridgehead atoms. The van der Waals surface area contributed by atoms with E-state index in [0.717, 1.165) is 35.9 Å². The number of thiocarbonyl (C=S) groups is 1. The van der Waals surface area contributed by atoms with Gasteiger partial charge in [-0.15, -0.1) is 0 Å². The summed E-state index contributed by atoms with van der Waals surface area (Å²) in [5.74, 6) is -3.75. The molecule has 1 N–H and O–H groups in total. The number of nitrogens with zero attached hydrogens (tertiary/aromatic N) is 2. The maximum absolute atomic E-state index is 14.5. The smallest absolute Gasteiger partial charge is 0.407 e. The topological polar surface area (TPSA) is 44.8 Å². The standard InChI is InChI=1S/C22H18ClF8N3O2S/c1-11(2)34(17-8-14(23)15(24)9-16(17)25)20(35)36-19-13(22(29,30)31)6-12(21(26,27)28)7-18(19)33(3)5-4-32-10-37/h4-11H,1-3H3,(H,32,37)/b5-4-. The minimum absolute atomic E-state index is 0.214. The maximum Gasteiger partial charge on any atom is 0.420 e. The zero-order chi connectivity index (χ0) is 28.3. The van der Waals surface area contributed by atoms with Crippen molar-refractivity contribution in [3.05, 3.63) is 64.4 Å². The third kappa shape index (κ3) is 7.22. The Balaban J connectivity index is 2.76. The Bertz CT molecular complexity index is 1200. The number of ether oxygens (including phenoxy) is 1. The number of hydrogen-bond acceptors (Lipinski definition) is 4. The zero-order valence-corrected chi connectivity index (χ0v) is 20.7. The van der Waals surface area contributed by atoms with E-state index in [9.17, 15) is 39.9 Å². The summed E-state index contributed by atoms with van der Waals surface area (Å²) < 4.78 is 115. The summed E-state index contributed by atoms with van der Waals surface area (Å²) in [5.41, 5.74) is -4.02. The van der Waals surface area contributed by atoms with Gasteiger partial charge in [-0.05, 0) is 32.0 Å². The van der Waals surface area contributed by atoms with Crippen LogP contribution in [-0.4, -0.2) is 24.7 Å². The molecule has 0 fully saturated rings. The van der Waals surface area contributed by atoms with Crippen LogP contribution in [0.5, 0.6) is 5.75 Å². The molecule has 0 aliphatic rings. The number of carbonyl (C=O) groups is 1. The van der Waals surface area contributed by atoms with Gasteiger partial charge < -0.3 is 15.0 Å². The highest BCUT2D eigenvalue weighted by Gasteiger charge is 2.42. The first-order valence-electron chi connectivity index (χ1n) is 10.1. The predicted molar refractivity (Wildman–Crippen MR) is 126 cm³/mol. The van der Waals surface area contributed by atoms with Gasteiger partial charge in [-0.25, -0.2) is 13.6 Å². The van der Waals surface area contributed by atoms with Crippen LogP contribution in [0.4, 0.5) is 51.3 Å². The van der Waals surface area contributed by atoms with Crippen molar-refractivity contribution in [1.29, 1.82) is 0 Å². The minimum atomic E-state index is -5.41. The van der Waals surface area contributed by atoms with Crippen molar-refractivity contribution < 1.29 is 44.7 Å². The SMILES string of the molecule is CC(C)N(C(=O)Oc1c(N(C)/C=C\NC=S)cc(C(F)(F)F)cc1C(F)(F)F)c1cc(Cl)c(F)cc1F. The first-order valence-corrected chi connectivity index (χ1v) is 10.9. The van der Waals surface area contributed by atoms with Gasteiger partial charge in [0.25, 0.3) is 0 Å². The fraction of sp³-hybridized carbons (Fsp3) is 0.273. The van der Waals surface area contributed by atoms with Crippen LogP contribution in [-0.2, 0) is 12.4 Å². The Kier molecular flexibility index (Phi) is 9.36. The van der Waals surface area contributed by atoms with Crippen LogP contribution >= 0.6 is 23.8 Å². The van der Waals surface area contributed by atoms with E-state index in [0.29, 0.717) is 17.0 Å². The van der Waals surface area contributed by atoms with Gasteiger partial charge in [0, 0.05) is 31.6 Å². The minimum Gasteiger partial charge on any atom is -0.407 e. The first-order chi connectivity index (χ1) is 17.0. The highest BCUT2D eigenvalue weighted by atomic mass is 35.5. The molecule has 5 nitrogen and oxygen atoms in total. The number of benzene rings is 2. The summed E-state index contributed by atoms with van der Waals surface area (Å²) in [7, 11) is 1.09. The van der Waals surface area contributed by atoms with Gasteiger partial charge in [0.2, 0.25) is 0 Å². The highest BCUT2D eigenvalue weighted by Crippen LogP contribution is 2.46. The third-order valence-corrected chi connectivity index (χ3v) is 5.12. The molecular formula is C22H18ClF8N3O2S. The highest BCUT2D eigenvalue weighted by molar-refractivity contribution is 7.78. The Labute approximate surface area is 216 Å². The third-order valence-electron chi connectivity index (χ3n) is 4.70. The van der Waals surface area contributed by atoms with E-state index in [-0.39, 0.29) is 6.07 Å². The van der Waals surface area contributed by atoms with Crippen LogP contribution < -0.4 is 19.9 Å². The van der Waals surface area contributed by atoms with Crippen molar-refractivity contribution in [2.24, 2.45) is 0 Å². The lowest BCUT2D eigenvalue weighted by Gasteiger charge is -2.29. The molecule has 0 aliphatic heterocycles. The van der Waals surface area contributed by atoms with Crippen LogP contribution in [0, 0.1) is 11.6 Å². The lowest BCUT2D eigenvalue weighted by molar-refractivity contribution is -0.143. The fourth-order valence-electron chi connectivity index (χ4n) is 3.05. The van der Waals surface area contributed by atoms with Crippen molar-refractivity contribution in [1.82, 2.24) is 5.32 Å². The van der Waals surface area contributed by atoms with Crippen molar-refractivity contribution in [2.45, 2.75) is 32.2 Å². The van der Waals surface area contributed by atoms with Crippen LogP contribution in [0.2, 0.25) is 5.02 Å². The zero-order valence-electron chi connectivity index (χ0n) is 19.1. The number of amides is 1. The summed E-state index contributed by atoms with van der Waals surface area (Å²) in [5, 5.41) is 1.79. The number of anilines is 2. The molecule has 0 spiro atoms. The molecule has 2 aromatic rings. The van der Waals surface area contributed by atoms with E-state index in [1.807, 2.05) is 0 Å². The van der Waals surface area contributed by atoms with Crippen LogP contribution in [0.3, 0.4) is 0 Å². The predicted octanol–water partition coefficient (Wildman–Crippen LogP) is 7.52. The van der Waals surface area contributed by atoms with Gasteiger partial charge >= 0.3 is 18.4 Å². The van der Waals surface area contributed by atoms with Gasteiger partial charge in [0.1, 0.15) is 17.2 Å². The first kappa shape index (κ1) is 30.1. The molecule has 0 heterocycles. The van der Waals surface area contributed by atoms with Gasteiger partial charge in [0.05, 0.1) is 27.5 Å². The monoisotopic (exact) mass is 575 g/mol. The van der Waals surface area contributed by atoms with E-state index in [1.54, 1.807) is 0 Å². The van der Waals surface area contributed by atoms with Crippen molar-refractivity contribution in [2.75, 3.05) is 16.8 Å². The summed E-state index contributed by atoms with van der Waals surface area (Å²) in [6, 6.07) is 0.229. The number of hydrogen-bond donors (Lipinski definition) is 1. The molecule has 2 aromatic carbocycles. The maximum atomic E-state index is 14.5. The molecular weight excluding hydrogens is 558 g/mol. The number of nitrogens with one attached hydrogen (secondary N) is 1. The molecule has 202 valence electrons. The lowest BCUT2D eigenvalue weighted by Crippen LogP contribution is -2.40. The molecule has 0 aliphatic carbocycles. The molecule has 2 rings (SSSR count). The molecule has 0 saturated carbocycles. The Hall–Kier alpha value is -3.13. The molecule has 0 unspecified atom stereocenters. The van der Waals surface area contributed by atoms with E-state index < -0.39 is 69.4 Å². The summed E-state index contributed by atoms with van der Waals surface area (Å²) in [4.78, 5) is 14.4. The number of alkyl halides is 6. The van der Waals surface area contributed by atoms with Crippen molar-refractivity contribution in [3.8, 4) is 5.75 Å². The van der Waals surface area contributed by atoms with E-state index >= 15 is 0 Å². The average Bonchev–Trinajstić information content (AvgIpc) is 2.75. The summed E-state index contributed by atoms with van der Waals surface area (Å²) in [6.07, 6.45) is -10.1. The van der Waals surface area contributed by atoms with Crippen molar-refractivity contribution >= 4 is 46.8 Å². The van der Waals surface area contributed by atoms with Gasteiger partial charge in [-0.2, -0.15) is 26.3 Å². The van der Waals surface area contributed by atoms with Crippen LogP contribution in [0.1, 0.15) is 25.0 Å². The summed E-state index contributed by atoms with van der Waals surface area (Å²) in [6.45, 7) is 2.67. The molecule has 15 heteroatoms. The van der Waals surface area contributed by atoms with E-state index in [2.05, 4.69) is 17.5 Å². The largest absolute Gasteiger partial charge is 0.420 e. The van der Waals surface area contributed by atoms with Crippen LogP contribution in [0.25, 0.3) is 0 Å². The lowest BCUT2D eigenvalue weighted by atomic mass is 10.1. The number of halogens is 9. The Morgan fingerprint density at radius 3 is 2.16 bits per heavy atom. The number of carbonyl (C=O) groups excluding carboxylic acids is 1. The quantitative estimate of drug-likeness (QED) is 0.210. The molecule has 37 heavy (non-hydrogen) atoms. The normalized spacial score (nSPS) is 12.1. The second kappa shape index (κ2) is 11.5. The van der Waals surface area contributed by atoms with E-state index in [4.69, 9.17) is 16.3 Å². The van der Waals surface area contributed by atoms with Gasteiger partial charge in [-0.3, -0.25) is 4.90 Å². The second-order valence-electron chi connectivity index (χ2n) is 7.63. The molecule has 0 radical (unpaired) electrons. The second-order valence-corrected chi connectivity index (χ2v) is 8.27. The molecule has 0 aromatic heterocycles. The van der Waals surface area contributed by atoms with Crippen molar-refractivity contribution in [3.63, 3.8) is 0 Å². The van der Waals surface area contributed by atoms with E-state index in [1.165, 1.54) is 13.8 Å². The van der Waals surface area contributed by atoms with Gasteiger partial charge in [0.15, 0.2) is 5.75 Å². The Morgan fingerprint density at radius 1 is 1.03 bits per heavy atom. The molecule has 1 amide bonds. The molecule has 0 atom stereocenters. The van der Waals surface area contributed by atoms with Crippen LogP contribution in [0.15, 0.2) is 36.7 Å². The Morgan fingerprint density at radius 2 is 1.65 bits per heavy atom. The van der Waals surface area contributed by atoms with Gasteiger partial charge in [-0.1, -0.05) is 23.8 Å². The molecule has 0 saturated heterocycles.